The summed E-state index contributed by atoms with van der Waals surface area (Å²) in [4.78, 5) is 0. The highest BCUT2D eigenvalue weighted by Crippen LogP contribution is 2.25. The molecule has 1 fully saturated rings. The van der Waals surface area contributed by atoms with Gasteiger partial charge in [0.1, 0.15) is 0 Å². The van der Waals surface area contributed by atoms with Gasteiger partial charge in [-0.05, 0) is 30.4 Å². The van der Waals surface area contributed by atoms with E-state index in [0.717, 1.165) is 12.8 Å². The molecule has 0 unspecified atom stereocenters. The van der Waals surface area contributed by atoms with E-state index in [4.69, 9.17) is 5.26 Å². The first-order valence-electron chi connectivity index (χ1n) is 7.45. The maximum absolute atomic E-state index is 12.5. The van der Waals surface area contributed by atoms with Crippen LogP contribution in [0.25, 0.3) is 0 Å². The van der Waals surface area contributed by atoms with Crippen molar-refractivity contribution in [1.29, 1.82) is 5.26 Å². The predicted molar refractivity (Wildman–Crippen MR) is 83.0 cm³/mol. The van der Waals surface area contributed by atoms with Crippen molar-refractivity contribution in [3.63, 3.8) is 0 Å². The summed E-state index contributed by atoms with van der Waals surface area (Å²) in [6.07, 6.45) is 5.91. The van der Waals surface area contributed by atoms with Gasteiger partial charge in [0.25, 0.3) is 0 Å². The van der Waals surface area contributed by atoms with Crippen molar-refractivity contribution in [3.8, 4) is 6.07 Å². The van der Waals surface area contributed by atoms with E-state index in [2.05, 4.69) is 6.07 Å². The molecule has 1 aromatic rings. The quantitative estimate of drug-likeness (QED) is 0.840. The van der Waals surface area contributed by atoms with E-state index in [9.17, 15) is 8.42 Å². The first kappa shape index (κ1) is 16.0. The fourth-order valence-electron chi connectivity index (χ4n) is 2.91. The van der Waals surface area contributed by atoms with Crippen molar-refractivity contribution >= 4 is 10.0 Å². The van der Waals surface area contributed by atoms with Crippen molar-refractivity contribution in [1.82, 2.24) is 4.31 Å². The molecule has 0 bridgehead atoms. The van der Waals surface area contributed by atoms with Crippen LogP contribution in [0.4, 0.5) is 0 Å². The Morgan fingerprint density at radius 2 is 1.90 bits per heavy atom. The van der Waals surface area contributed by atoms with E-state index in [1.807, 2.05) is 0 Å². The number of nitrogens with zero attached hydrogens (tertiary/aromatic N) is 2. The SMILES string of the molecule is CN(CC1CCCCC1)S(=O)(=O)Cc1ccccc1C#N. The zero-order chi connectivity index (χ0) is 15.3. The van der Waals surface area contributed by atoms with Crippen LogP contribution in [-0.4, -0.2) is 26.3 Å². The summed E-state index contributed by atoms with van der Waals surface area (Å²) in [6.45, 7) is 0.594. The molecule has 114 valence electrons. The zero-order valence-corrected chi connectivity index (χ0v) is 13.3. The molecule has 0 aliphatic heterocycles. The second-order valence-electron chi connectivity index (χ2n) is 5.81. The third-order valence-corrected chi connectivity index (χ3v) is 5.97. The average Bonchev–Trinajstić information content (AvgIpc) is 2.48. The number of benzene rings is 1. The van der Waals surface area contributed by atoms with Crippen LogP contribution in [0, 0.1) is 17.2 Å². The Balaban J connectivity index is 2.05. The lowest BCUT2D eigenvalue weighted by Gasteiger charge is -2.26. The normalized spacial score (nSPS) is 16.8. The Labute approximate surface area is 127 Å². The minimum absolute atomic E-state index is 0.0973. The Morgan fingerprint density at radius 1 is 1.24 bits per heavy atom. The van der Waals surface area contributed by atoms with Crippen molar-refractivity contribution in [3.05, 3.63) is 35.4 Å². The molecule has 1 aliphatic carbocycles. The van der Waals surface area contributed by atoms with Crippen LogP contribution in [0.5, 0.6) is 0 Å². The van der Waals surface area contributed by atoms with Crippen molar-refractivity contribution in [2.24, 2.45) is 5.92 Å². The molecular weight excluding hydrogens is 284 g/mol. The van der Waals surface area contributed by atoms with E-state index in [0.29, 0.717) is 23.6 Å². The van der Waals surface area contributed by atoms with E-state index in [1.165, 1.54) is 23.6 Å². The molecule has 4 nitrogen and oxygen atoms in total. The average molecular weight is 306 g/mol. The Kier molecular flexibility index (Phi) is 5.38. The van der Waals surface area contributed by atoms with Gasteiger partial charge in [-0.25, -0.2) is 12.7 Å². The minimum Gasteiger partial charge on any atom is -0.212 e. The van der Waals surface area contributed by atoms with Gasteiger partial charge >= 0.3 is 0 Å². The molecule has 2 rings (SSSR count). The van der Waals surface area contributed by atoms with Gasteiger partial charge in [-0.1, -0.05) is 37.5 Å². The summed E-state index contributed by atoms with van der Waals surface area (Å²) < 4.78 is 26.4. The van der Waals surface area contributed by atoms with Crippen molar-refractivity contribution < 1.29 is 8.42 Å². The molecule has 0 amide bonds. The Morgan fingerprint density at radius 3 is 2.57 bits per heavy atom. The standard InChI is InChI=1S/C16H22N2O2S/c1-18(12-14-7-3-2-4-8-14)21(19,20)13-16-10-6-5-9-15(16)11-17/h5-6,9-10,14H,2-4,7-8,12-13H2,1H3. The summed E-state index contributed by atoms with van der Waals surface area (Å²) in [5.41, 5.74) is 1.02. The van der Waals surface area contributed by atoms with E-state index in [1.54, 1.807) is 31.3 Å². The van der Waals surface area contributed by atoms with Gasteiger partial charge in [0, 0.05) is 13.6 Å². The topological polar surface area (TPSA) is 61.2 Å². The van der Waals surface area contributed by atoms with Gasteiger partial charge in [0.05, 0.1) is 17.4 Å². The molecule has 0 saturated heterocycles. The Bertz CT molecular complexity index is 613. The third-order valence-electron chi connectivity index (χ3n) is 4.19. The number of sulfonamides is 1. The Hall–Kier alpha value is -1.38. The second kappa shape index (κ2) is 7.06. The molecule has 0 atom stereocenters. The highest BCUT2D eigenvalue weighted by molar-refractivity contribution is 7.88. The van der Waals surface area contributed by atoms with Crippen LogP contribution < -0.4 is 0 Å². The van der Waals surface area contributed by atoms with E-state index in [-0.39, 0.29) is 5.75 Å². The zero-order valence-electron chi connectivity index (χ0n) is 12.5. The lowest BCUT2D eigenvalue weighted by Crippen LogP contribution is -2.33. The van der Waals surface area contributed by atoms with Crippen LogP contribution >= 0.6 is 0 Å². The lowest BCUT2D eigenvalue weighted by molar-refractivity contribution is 0.300. The predicted octanol–water partition coefficient (Wildman–Crippen LogP) is 2.90. The smallest absolute Gasteiger partial charge is 0.212 e. The third kappa shape index (κ3) is 4.29. The number of hydrogen-bond donors (Lipinski definition) is 0. The summed E-state index contributed by atoms with van der Waals surface area (Å²) in [7, 11) is -1.71. The molecule has 21 heavy (non-hydrogen) atoms. The first-order chi connectivity index (χ1) is 10.0. The van der Waals surface area contributed by atoms with Crippen LogP contribution in [0.15, 0.2) is 24.3 Å². The summed E-state index contributed by atoms with van der Waals surface area (Å²) in [6, 6.07) is 8.95. The number of nitriles is 1. The molecule has 0 heterocycles. The molecule has 0 spiro atoms. The molecule has 1 aromatic carbocycles. The molecule has 5 heteroatoms. The maximum Gasteiger partial charge on any atom is 0.218 e. The number of hydrogen-bond acceptors (Lipinski definition) is 3. The monoisotopic (exact) mass is 306 g/mol. The van der Waals surface area contributed by atoms with Crippen LogP contribution in [0.3, 0.4) is 0 Å². The van der Waals surface area contributed by atoms with Crippen LogP contribution in [0.2, 0.25) is 0 Å². The van der Waals surface area contributed by atoms with Crippen LogP contribution in [-0.2, 0) is 15.8 Å². The molecule has 0 N–H and O–H groups in total. The van der Waals surface area contributed by atoms with Gasteiger partial charge < -0.3 is 0 Å². The van der Waals surface area contributed by atoms with Crippen molar-refractivity contribution in [2.45, 2.75) is 37.9 Å². The summed E-state index contributed by atoms with van der Waals surface area (Å²) in [5.74, 6) is 0.379. The molecule has 1 aliphatic rings. The largest absolute Gasteiger partial charge is 0.218 e. The molecule has 0 aromatic heterocycles. The molecular formula is C16H22N2O2S. The fourth-order valence-corrected chi connectivity index (χ4v) is 4.21. The fraction of sp³-hybridized carbons (Fsp3) is 0.562. The molecule has 1 saturated carbocycles. The summed E-state index contributed by atoms with van der Waals surface area (Å²) >= 11 is 0. The highest BCUT2D eigenvalue weighted by atomic mass is 32.2. The highest BCUT2D eigenvalue weighted by Gasteiger charge is 2.24. The minimum atomic E-state index is -3.36. The molecule has 0 radical (unpaired) electrons. The van der Waals surface area contributed by atoms with E-state index >= 15 is 0 Å². The van der Waals surface area contributed by atoms with Gasteiger partial charge in [-0.2, -0.15) is 5.26 Å². The maximum atomic E-state index is 12.5. The van der Waals surface area contributed by atoms with E-state index < -0.39 is 10.0 Å². The summed E-state index contributed by atoms with van der Waals surface area (Å²) in [5, 5.41) is 9.06. The van der Waals surface area contributed by atoms with Gasteiger partial charge in [-0.15, -0.1) is 0 Å². The number of rotatable bonds is 5. The van der Waals surface area contributed by atoms with Gasteiger partial charge in [0.2, 0.25) is 10.0 Å². The lowest BCUT2D eigenvalue weighted by atomic mass is 9.89. The van der Waals surface area contributed by atoms with Gasteiger partial charge in [0.15, 0.2) is 0 Å². The van der Waals surface area contributed by atoms with Crippen molar-refractivity contribution in [2.75, 3.05) is 13.6 Å². The van der Waals surface area contributed by atoms with Crippen LogP contribution in [0.1, 0.15) is 43.2 Å². The van der Waals surface area contributed by atoms with Gasteiger partial charge in [-0.3, -0.25) is 0 Å². The first-order valence-corrected chi connectivity index (χ1v) is 9.06. The second-order valence-corrected chi connectivity index (χ2v) is 7.89.